The molecule has 1 aliphatic heterocycles. The highest BCUT2D eigenvalue weighted by Crippen LogP contribution is 2.37. The zero-order chi connectivity index (χ0) is 36.3. The van der Waals surface area contributed by atoms with Gasteiger partial charge < -0.3 is 13.9 Å². The number of aliphatic imine (C=N–C) groups is 1. The maximum atomic E-state index is 13.5. The molecular formula is C46H32F3N3O. The lowest BCUT2D eigenvalue weighted by Gasteiger charge is -2.28. The summed E-state index contributed by atoms with van der Waals surface area (Å²) in [5.74, 6) is 0.631. The highest BCUT2D eigenvalue weighted by molar-refractivity contribution is 6.20. The van der Waals surface area contributed by atoms with Gasteiger partial charge in [-0.05, 0) is 84.8 Å². The number of halogens is 3. The van der Waals surface area contributed by atoms with Crippen LogP contribution in [0.25, 0.3) is 61.5 Å². The Morgan fingerprint density at radius 3 is 2.09 bits per heavy atom. The van der Waals surface area contributed by atoms with Crippen LogP contribution in [0.5, 0.6) is 0 Å². The molecule has 6 aromatic carbocycles. The summed E-state index contributed by atoms with van der Waals surface area (Å²) < 4.78 is 49.3. The molecule has 4 nitrogen and oxygen atoms in total. The summed E-state index contributed by atoms with van der Waals surface area (Å²) >= 11 is 0. The number of aromatic nitrogens is 1. The monoisotopic (exact) mass is 699 g/mol. The minimum Gasteiger partial charge on any atom is -0.456 e. The number of alkyl halides is 3. The van der Waals surface area contributed by atoms with Crippen LogP contribution < -0.4 is 15.5 Å². The van der Waals surface area contributed by atoms with Crippen molar-refractivity contribution in [3.05, 3.63) is 179 Å². The number of hydrogen-bond acceptors (Lipinski definition) is 3. The van der Waals surface area contributed by atoms with Crippen LogP contribution in [-0.2, 0) is 6.18 Å². The van der Waals surface area contributed by atoms with Crippen molar-refractivity contribution in [3.8, 4) is 16.8 Å². The van der Waals surface area contributed by atoms with E-state index in [4.69, 9.17) is 9.41 Å². The van der Waals surface area contributed by atoms with Crippen molar-refractivity contribution in [2.24, 2.45) is 4.99 Å². The number of nitrogens with zero attached hydrogens (tertiary/aromatic N) is 3. The second kappa shape index (κ2) is 12.6. The van der Waals surface area contributed by atoms with Crippen LogP contribution >= 0.6 is 0 Å². The number of allylic oxidation sites excluding steroid dienone is 2. The van der Waals surface area contributed by atoms with Crippen LogP contribution in [0.15, 0.2) is 161 Å². The normalized spacial score (nSPS) is 14.8. The van der Waals surface area contributed by atoms with Crippen molar-refractivity contribution in [3.63, 3.8) is 0 Å². The lowest BCUT2D eigenvalue weighted by molar-refractivity contribution is -0.137. The van der Waals surface area contributed by atoms with Gasteiger partial charge in [-0.1, -0.05) is 91.0 Å². The Morgan fingerprint density at radius 1 is 0.660 bits per heavy atom. The molecular weight excluding hydrogens is 668 g/mol. The Balaban J connectivity index is 1.28. The molecule has 3 heterocycles. The molecule has 8 aromatic rings. The minimum atomic E-state index is -4.43. The van der Waals surface area contributed by atoms with E-state index in [9.17, 15) is 13.2 Å². The zero-order valence-electron chi connectivity index (χ0n) is 28.9. The van der Waals surface area contributed by atoms with Crippen LogP contribution in [0.1, 0.15) is 23.6 Å². The fourth-order valence-corrected chi connectivity index (χ4v) is 7.42. The standard InChI is InChI=1S/C46H32F3N3O/c1-3-4-18-42-43(45-50-44(35-15-9-10-16-38(35)51(45)2)29-19-23-32(24-20-29)46(47,48)49)37-28-31(22-26-41(37)53-42)30-21-25-40-36(27-30)34-14-8-11-17-39(34)52(40)33-12-6-5-7-13-33/h3-28H,1-2H3/b4-3-,42-18+,45-43-. The summed E-state index contributed by atoms with van der Waals surface area (Å²) in [6.07, 6.45) is 1.35. The fraction of sp³-hybridized carbons (Fsp3) is 0.0652. The van der Waals surface area contributed by atoms with Gasteiger partial charge in [-0.2, -0.15) is 13.2 Å². The number of furan rings is 1. The number of benzene rings is 6. The van der Waals surface area contributed by atoms with Gasteiger partial charge in [-0.15, -0.1) is 0 Å². The summed E-state index contributed by atoms with van der Waals surface area (Å²) in [6.45, 7) is 1.94. The van der Waals surface area contributed by atoms with Gasteiger partial charge >= 0.3 is 6.18 Å². The number of fused-ring (bicyclic) bond motifs is 5. The molecule has 0 unspecified atom stereocenters. The van der Waals surface area contributed by atoms with E-state index >= 15 is 0 Å². The van der Waals surface area contributed by atoms with E-state index in [-0.39, 0.29) is 0 Å². The van der Waals surface area contributed by atoms with Gasteiger partial charge in [-0.25, -0.2) is 4.99 Å². The van der Waals surface area contributed by atoms with E-state index < -0.39 is 11.7 Å². The highest BCUT2D eigenvalue weighted by Gasteiger charge is 2.31. The summed E-state index contributed by atoms with van der Waals surface area (Å²) in [5.41, 5.74) is 8.96. The quantitative estimate of drug-likeness (QED) is 0.183. The van der Waals surface area contributed by atoms with Crippen molar-refractivity contribution in [2.75, 3.05) is 11.9 Å². The van der Waals surface area contributed by atoms with Crippen LogP contribution in [0.3, 0.4) is 0 Å². The van der Waals surface area contributed by atoms with Crippen molar-refractivity contribution < 1.29 is 17.6 Å². The number of hydrogen-bond donors (Lipinski definition) is 0. The molecule has 2 aromatic heterocycles. The Bertz CT molecular complexity index is 2900. The molecule has 0 bridgehead atoms. The number of rotatable bonds is 4. The van der Waals surface area contributed by atoms with Crippen LogP contribution in [0.2, 0.25) is 0 Å². The fourth-order valence-electron chi connectivity index (χ4n) is 7.42. The van der Waals surface area contributed by atoms with Gasteiger partial charge in [0.05, 0.1) is 33.2 Å². The molecule has 258 valence electrons. The van der Waals surface area contributed by atoms with Crippen molar-refractivity contribution in [1.82, 2.24) is 4.57 Å². The van der Waals surface area contributed by atoms with Gasteiger partial charge in [0.2, 0.25) is 0 Å². The highest BCUT2D eigenvalue weighted by atomic mass is 19.4. The summed E-state index contributed by atoms with van der Waals surface area (Å²) in [5, 5.41) is 4.00. The first-order valence-corrected chi connectivity index (χ1v) is 17.4. The van der Waals surface area contributed by atoms with Gasteiger partial charge in [-0.3, -0.25) is 0 Å². The SMILES string of the molecule is C\C=C/C=c1/oc2ccc(-c3ccc4c(c3)c3ccccc3n4-c3ccccc3)cc2/c1=C1\N=C(c2ccc(C(F)(F)F)cc2)c2ccccc2N1C. The van der Waals surface area contributed by atoms with E-state index in [0.29, 0.717) is 28.1 Å². The lowest BCUT2D eigenvalue weighted by Crippen LogP contribution is -2.33. The molecule has 0 spiro atoms. The minimum absolute atomic E-state index is 0.588. The number of anilines is 1. The molecule has 1 aliphatic rings. The maximum absolute atomic E-state index is 13.5. The smallest absolute Gasteiger partial charge is 0.416 e. The topological polar surface area (TPSA) is 33.7 Å². The average molecular weight is 700 g/mol. The molecule has 0 saturated carbocycles. The molecule has 0 fully saturated rings. The first kappa shape index (κ1) is 32.3. The van der Waals surface area contributed by atoms with Crippen molar-refractivity contribution in [2.45, 2.75) is 13.1 Å². The first-order chi connectivity index (χ1) is 25.8. The van der Waals surface area contributed by atoms with Crippen LogP contribution in [0.4, 0.5) is 18.9 Å². The van der Waals surface area contributed by atoms with Gasteiger partial charge in [0.1, 0.15) is 16.8 Å². The van der Waals surface area contributed by atoms with E-state index in [1.165, 1.54) is 17.5 Å². The third-order valence-electron chi connectivity index (χ3n) is 9.94. The molecule has 0 atom stereocenters. The van der Waals surface area contributed by atoms with Crippen LogP contribution in [-0.4, -0.2) is 17.3 Å². The summed E-state index contributed by atoms with van der Waals surface area (Å²) in [6, 6.07) is 44.7. The molecule has 0 saturated heterocycles. The molecule has 9 rings (SSSR count). The summed E-state index contributed by atoms with van der Waals surface area (Å²) in [4.78, 5) is 7.23. The van der Waals surface area contributed by atoms with Crippen molar-refractivity contribution >= 4 is 56.1 Å². The predicted molar refractivity (Wildman–Crippen MR) is 210 cm³/mol. The number of para-hydroxylation sites is 3. The van der Waals surface area contributed by atoms with E-state index in [1.807, 2.05) is 73.5 Å². The molecule has 0 radical (unpaired) electrons. The molecule has 7 heteroatoms. The second-order valence-electron chi connectivity index (χ2n) is 13.1. The van der Waals surface area contributed by atoms with E-state index in [1.54, 1.807) is 0 Å². The molecule has 0 amide bonds. The average Bonchev–Trinajstić information content (AvgIpc) is 3.72. The predicted octanol–water partition coefficient (Wildman–Crippen LogP) is 10.6. The Kier molecular flexibility index (Phi) is 7.66. The Labute approximate surface area is 303 Å². The maximum Gasteiger partial charge on any atom is 0.416 e. The Morgan fingerprint density at radius 2 is 1.32 bits per heavy atom. The van der Waals surface area contributed by atoms with Gasteiger partial charge in [0.15, 0.2) is 0 Å². The molecule has 0 aliphatic carbocycles. The largest absolute Gasteiger partial charge is 0.456 e. The van der Waals surface area contributed by atoms with Gasteiger partial charge in [0, 0.05) is 40.0 Å². The lowest BCUT2D eigenvalue weighted by atomic mass is 9.97. The third-order valence-corrected chi connectivity index (χ3v) is 9.94. The van der Waals surface area contributed by atoms with Crippen LogP contribution in [0, 0.1) is 0 Å². The summed E-state index contributed by atoms with van der Waals surface area (Å²) in [7, 11) is 1.96. The third kappa shape index (κ3) is 5.44. The second-order valence-corrected chi connectivity index (χ2v) is 13.1. The van der Waals surface area contributed by atoms with E-state index in [0.717, 1.165) is 67.2 Å². The molecule has 0 N–H and O–H groups in total. The first-order valence-electron chi connectivity index (χ1n) is 17.4. The van der Waals surface area contributed by atoms with E-state index in [2.05, 4.69) is 83.4 Å². The zero-order valence-corrected chi connectivity index (χ0v) is 28.9. The van der Waals surface area contributed by atoms with Crippen molar-refractivity contribution in [1.29, 1.82) is 0 Å². The Hall–Kier alpha value is -6.60. The van der Waals surface area contributed by atoms with Gasteiger partial charge in [0.25, 0.3) is 0 Å². The molecule has 53 heavy (non-hydrogen) atoms.